The number of methoxy groups -OCH3 is 1. The van der Waals surface area contributed by atoms with E-state index in [-0.39, 0.29) is 5.91 Å². The molecule has 31 heavy (non-hydrogen) atoms. The average molecular weight is 436 g/mol. The summed E-state index contributed by atoms with van der Waals surface area (Å²) in [5.74, 6) is -0.627. The van der Waals surface area contributed by atoms with Crippen LogP contribution >= 0.6 is 12.2 Å². The van der Waals surface area contributed by atoms with Crippen molar-refractivity contribution in [1.29, 1.82) is 0 Å². The molecule has 3 rings (SSSR count). The third-order valence-electron chi connectivity index (χ3n) is 5.06. The van der Waals surface area contributed by atoms with Crippen molar-refractivity contribution in [1.82, 2.24) is 10.2 Å². The molecule has 0 spiro atoms. The minimum absolute atomic E-state index is 0.224. The Labute approximate surface area is 187 Å². The van der Waals surface area contributed by atoms with Crippen LogP contribution < -0.4 is 10.6 Å². The van der Waals surface area contributed by atoms with Gasteiger partial charge in [0.1, 0.15) is 0 Å². The number of hydrogen-bond acceptors (Lipinski definition) is 4. The number of amides is 1. The van der Waals surface area contributed by atoms with Gasteiger partial charge in [0.2, 0.25) is 5.91 Å². The SMILES string of the molecule is CCN1C(=S)NC(c2ccc(NC(=O)C=Cc3ccccc3)cc2)C(C(=O)OC)=C1C. The second kappa shape index (κ2) is 10.0. The molecule has 7 heteroatoms. The largest absolute Gasteiger partial charge is 0.466 e. The second-order valence-electron chi connectivity index (χ2n) is 6.97. The molecule has 2 aromatic rings. The number of nitrogens with one attached hydrogen (secondary N) is 2. The van der Waals surface area contributed by atoms with Crippen molar-refractivity contribution in [3.05, 3.63) is 83.1 Å². The first-order valence-corrected chi connectivity index (χ1v) is 10.4. The van der Waals surface area contributed by atoms with Crippen LogP contribution in [0.5, 0.6) is 0 Å². The van der Waals surface area contributed by atoms with Crippen LogP contribution in [0.4, 0.5) is 5.69 Å². The summed E-state index contributed by atoms with van der Waals surface area (Å²) in [7, 11) is 1.37. The highest BCUT2D eigenvalue weighted by atomic mass is 32.1. The predicted molar refractivity (Wildman–Crippen MR) is 126 cm³/mol. The fourth-order valence-corrected chi connectivity index (χ4v) is 3.85. The zero-order chi connectivity index (χ0) is 22.4. The summed E-state index contributed by atoms with van der Waals surface area (Å²) in [6.45, 7) is 4.48. The molecule has 0 saturated heterocycles. The summed E-state index contributed by atoms with van der Waals surface area (Å²) in [5, 5.41) is 6.62. The predicted octanol–water partition coefficient (Wildman–Crippen LogP) is 4.04. The number of ether oxygens (including phenoxy) is 1. The van der Waals surface area contributed by atoms with Gasteiger partial charge in [0.25, 0.3) is 0 Å². The molecule has 1 unspecified atom stereocenters. The van der Waals surface area contributed by atoms with Gasteiger partial charge >= 0.3 is 5.97 Å². The van der Waals surface area contributed by atoms with Crippen molar-refractivity contribution in [2.24, 2.45) is 0 Å². The molecule has 2 N–H and O–H groups in total. The fraction of sp³-hybridized carbons (Fsp3) is 0.208. The van der Waals surface area contributed by atoms with Gasteiger partial charge < -0.3 is 20.3 Å². The summed E-state index contributed by atoms with van der Waals surface area (Å²) >= 11 is 5.47. The molecule has 1 amide bonds. The Kier molecular flexibility index (Phi) is 7.20. The molecule has 2 aromatic carbocycles. The van der Waals surface area contributed by atoms with Crippen molar-refractivity contribution in [3.63, 3.8) is 0 Å². The quantitative estimate of drug-likeness (QED) is 0.406. The summed E-state index contributed by atoms with van der Waals surface area (Å²) in [4.78, 5) is 26.5. The van der Waals surface area contributed by atoms with E-state index < -0.39 is 12.0 Å². The van der Waals surface area contributed by atoms with Gasteiger partial charge in [-0.2, -0.15) is 0 Å². The van der Waals surface area contributed by atoms with Crippen molar-refractivity contribution < 1.29 is 14.3 Å². The maximum Gasteiger partial charge on any atom is 0.337 e. The summed E-state index contributed by atoms with van der Waals surface area (Å²) in [6, 6.07) is 16.5. The highest BCUT2D eigenvalue weighted by Crippen LogP contribution is 2.31. The first-order valence-electron chi connectivity index (χ1n) is 9.95. The molecule has 1 heterocycles. The number of nitrogens with zero attached hydrogens (tertiary/aromatic N) is 1. The highest BCUT2D eigenvalue weighted by Gasteiger charge is 2.33. The fourth-order valence-electron chi connectivity index (χ4n) is 3.47. The molecule has 1 atom stereocenters. The summed E-state index contributed by atoms with van der Waals surface area (Å²) in [5.41, 5.74) is 3.73. The lowest BCUT2D eigenvalue weighted by molar-refractivity contribution is -0.136. The maximum atomic E-state index is 12.5. The van der Waals surface area contributed by atoms with E-state index in [1.165, 1.54) is 13.2 Å². The number of carbonyl (C=O) groups is 2. The van der Waals surface area contributed by atoms with Crippen LogP contribution in [0.2, 0.25) is 0 Å². The van der Waals surface area contributed by atoms with Gasteiger partial charge in [0.15, 0.2) is 5.11 Å². The van der Waals surface area contributed by atoms with Gasteiger partial charge in [-0.05, 0) is 55.4 Å². The van der Waals surface area contributed by atoms with Crippen LogP contribution in [0.25, 0.3) is 6.08 Å². The van der Waals surface area contributed by atoms with Crippen molar-refractivity contribution in [2.45, 2.75) is 19.9 Å². The molecular weight excluding hydrogens is 410 g/mol. The molecule has 6 nitrogen and oxygen atoms in total. The van der Waals surface area contributed by atoms with Gasteiger partial charge in [-0.3, -0.25) is 4.79 Å². The van der Waals surface area contributed by atoms with E-state index >= 15 is 0 Å². The van der Waals surface area contributed by atoms with E-state index in [1.54, 1.807) is 18.2 Å². The lowest BCUT2D eigenvalue weighted by Crippen LogP contribution is -2.47. The molecule has 0 bridgehead atoms. The van der Waals surface area contributed by atoms with Crippen LogP contribution in [0.1, 0.15) is 31.0 Å². The number of benzene rings is 2. The Morgan fingerprint density at radius 1 is 1.16 bits per heavy atom. The third-order valence-corrected chi connectivity index (χ3v) is 5.39. The third kappa shape index (κ3) is 5.19. The van der Waals surface area contributed by atoms with Crippen molar-refractivity contribution >= 4 is 41.0 Å². The Bertz CT molecular complexity index is 1030. The molecule has 0 fully saturated rings. The van der Waals surface area contributed by atoms with Gasteiger partial charge in [-0.1, -0.05) is 42.5 Å². The minimum atomic E-state index is -0.425. The molecule has 0 aromatic heterocycles. The number of allylic oxidation sites excluding steroid dienone is 1. The van der Waals surface area contributed by atoms with E-state index in [1.807, 2.05) is 61.2 Å². The number of carbonyl (C=O) groups excluding carboxylic acids is 2. The first kappa shape index (κ1) is 22.2. The standard InChI is InChI=1S/C24H25N3O3S/c1-4-27-16(2)21(23(29)30-3)22(26-24(27)31)18-11-13-19(14-12-18)25-20(28)15-10-17-8-6-5-7-9-17/h5-15,22H,4H2,1-3H3,(H,25,28)(H,26,31). The van der Waals surface area contributed by atoms with Crippen LogP contribution in [0, 0.1) is 0 Å². The number of esters is 1. The lowest BCUT2D eigenvalue weighted by atomic mass is 9.95. The molecule has 0 saturated carbocycles. The van der Waals surface area contributed by atoms with Crippen molar-refractivity contribution in [3.8, 4) is 0 Å². The van der Waals surface area contributed by atoms with E-state index in [0.29, 0.717) is 22.9 Å². The lowest BCUT2D eigenvalue weighted by Gasteiger charge is -2.36. The van der Waals surface area contributed by atoms with Gasteiger partial charge in [-0.25, -0.2) is 4.79 Å². The molecule has 160 valence electrons. The topological polar surface area (TPSA) is 70.7 Å². The molecular formula is C24H25N3O3S. The molecule has 1 aliphatic rings. The normalized spacial score (nSPS) is 16.3. The van der Waals surface area contributed by atoms with Crippen LogP contribution in [0.3, 0.4) is 0 Å². The zero-order valence-electron chi connectivity index (χ0n) is 17.7. The first-order chi connectivity index (χ1) is 14.9. The molecule has 0 aliphatic carbocycles. The Hall–Kier alpha value is -3.45. The number of hydrogen-bond donors (Lipinski definition) is 2. The van der Waals surface area contributed by atoms with Gasteiger partial charge in [-0.15, -0.1) is 0 Å². The smallest absolute Gasteiger partial charge is 0.337 e. The van der Waals surface area contributed by atoms with Gasteiger partial charge in [0, 0.05) is 24.0 Å². The molecule has 1 aliphatic heterocycles. The second-order valence-corrected chi connectivity index (χ2v) is 7.36. The number of anilines is 1. The van der Waals surface area contributed by atoms with Crippen molar-refractivity contribution in [2.75, 3.05) is 19.0 Å². The maximum absolute atomic E-state index is 12.5. The number of thiocarbonyl (C=S) groups is 1. The highest BCUT2D eigenvalue weighted by molar-refractivity contribution is 7.80. The molecule has 0 radical (unpaired) electrons. The van der Waals surface area contributed by atoms with Gasteiger partial charge in [0.05, 0.1) is 18.7 Å². The van der Waals surface area contributed by atoms with Crippen LogP contribution in [-0.2, 0) is 14.3 Å². The zero-order valence-corrected chi connectivity index (χ0v) is 18.5. The van der Waals surface area contributed by atoms with Crippen LogP contribution in [0.15, 0.2) is 71.9 Å². The van der Waals surface area contributed by atoms with Crippen LogP contribution in [-0.4, -0.2) is 35.5 Å². The van der Waals surface area contributed by atoms with E-state index in [0.717, 1.165) is 16.8 Å². The number of rotatable bonds is 6. The summed E-state index contributed by atoms with van der Waals surface area (Å²) in [6.07, 6.45) is 3.25. The van der Waals surface area contributed by atoms with E-state index in [2.05, 4.69) is 10.6 Å². The minimum Gasteiger partial charge on any atom is -0.466 e. The Morgan fingerprint density at radius 2 is 1.84 bits per heavy atom. The Morgan fingerprint density at radius 3 is 2.45 bits per heavy atom. The van der Waals surface area contributed by atoms with E-state index in [4.69, 9.17) is 17.0 Å². The average Bonchev–Trinajstić information content (AvgIpc) is 2.78. The van der Waals surface area contributed by atoms with E-state index in [9.17, 15) is 9.59 Å². The monoisotopic (exact) mass is 435 g/mol. The Balaban J connectivity index is 1.77. The summed E-state index contributed by atoms with van der Waals surface area (Å²) < 4.78 is 5.01.